The highest BCUT2D eigenvalue weighted by Crippen LogP contribution is 2.30. The Labute approximate surface area is 126 Å². The molecule has 5 heteroatoms. The molecule has 0 saturated heterocycles. The fourth-order valence-electron chi connectivity index (χ4n) is 2.05. The summed E-state index contributed by atoms with van der Waals surface area (Å²) in [4.78, 5) is 4.15. The Bertz CT molecular complexity index is 689. The zero-order valence-corrected chi connectivity index (χ0v) is 13.6. The third-order valence-electron chi connectivity index (χ3n) is 3.88. The van der Waals surface area contributed by atoms with Crippen LogP contribution in [0.1, 0.15) is 38.8 Å². The van der Waals surface area contributed by atoms with Crippen molar-refractivity contribution in [1.29, 1.82) is 0 Å². The second kappa shape index (κ2) is 6.02. The van der Waals surface area contributed by atoms with Crippen molar-refractivity contribution < 1.29 is 12.8 Å². The Balaban J connectivity index is 2.30. The molecule has 0 unspecified atom stereocenters. The molecule has 0 bridgehead atoms. The molecule has 2 rings (SSSR count). The van der Waals surface area contributed by atoms with Gasteiger partial charge in [-0.2, -0.15) is 0 Å². The van der Waals surface area contributed by atoms with E-state index in [1.54, 1.807) is 20.0 Å². The molecule has 2 aromatic rings. The highest BCUT2D eigenvalue weighted by atomic mass is 32.2. The van der Waals surface area contributed by atoms with Crippen LogP contribution in [0.3, 0.4) is 0 Å². The number of hydrogen-bond donors (Lipinski definition) is 0. The van der Waals surface area contributed by atoms with E-state index in [-0.39, 0.29) is 11.8 Å². The van der Waals surface area contributed by atoms with Crippen LogP contribution in [0.25, 0.3) is 11.3 Å². The summed E-state index contributed by atoms with van der Waals surface area (Å²) in [5.74, 6) is 0.896. The molecular formula is C16H21NO3S. The molecule has 1 aromatic heterocycles. The average Bonchev–Trinajstić information content (AvgIpc) is 2.96. The van der Waals surface area contributed by atoms with Gasteiger partial charge >= 0.3 is 0 Å². The molecule has 21 heavy (non-hydrogen) atoms. The SMILES string of the molecule is CC(C)[C@H](C)S(=O)(=O)[C@@H](C)c1ncc(-c2ccccc2)o1. The first-order chi connectivity index (χ1) is 9.84. The summed E-state index contributed by atoms with van der Waals surface area (Å²) in [5.41, 5.74) is 0.887. The molecule has 1 heterocycles. The molecule has 0 aliphatic carbocycles. The van der Waals surface area contributed by atoms with Crippen molar-refractivity contribution in [2.24, 2.45) is 5.92 Å². The van der Waals surface area contributed by atoms with E-state index < -0.39 is 20.3 Å². The molecule has 0 aliphatic heterocycles. The average molecular weight is 307 g/mol. The van der Waals surface area contributed by atoms with Crippen molar-refractivity contribution in [2.75, 3.05) is 0 Å². The highest BCUT2D eigenvalue weighted by Gasteiger charge is 2.33. The summed E-state index contributed by atoms with van der Waals surface area (Å²) in [7, 11) is -3.32. The third-order valence-corrected chi connectivity index (χ3v) is 6.65. The molecule has 0 amide bonds. The van der Waals surface area contributed by atoms with Gasteiger partial charge in [0.05, 0.1) is 11.4 Å². The van der Waals surface area contributed by atoms with Crippen molar-refractivity contribution in [3.8, 4) is 11.3 Å². The Morgan fingerprint density at radius 2 is 1.67 bits per heavy atom. The van der Waals surface area contributed by atoms with Gasteiger partial charge in [-0.05, 0) is 19.8 Å². The van der Waals surface area contributed by atoms with Crippen molar-refractivity contribution in [1.82, 2.24) is 4.98 Å². The lowest BCUT2D eigenvalue weighted by atomic mass is 10.2. The first-order valence-electron chi connectivity index (χ1n) is 7.08. The largest absolute Gasteiger partial charge is 0.439 e. The molecule has 0 aliphatic rings. The number of oxazole rings is 1. The lowest BCUT2D eigenvalue weighted by Gasteiger charge is -2.19. The first kappa shape index (κ1) is 15.8. The van der Waals surface area contributed by atoms with Gasteiger partial charge in [-0.3, -0.25) is 0 Å². The minimum atomic E-state index is -3.32. The van der Waals surface area contributed by atoms with Crippen LogP contribution >= 0.6 is 0 Å². The van der Waals surface area contributed by atoms with E-state index in [0.717, 1.165) is 5.56 Å². The normalized spacial score (nSPS) is 15.1. The molecule has 0 N–H and O–H groups in total. The fourth-order valence-corrected chi connectivity index (χ4v) is 3.85. The monoisotopic (exact) mass is 307 g/mol. The van der Waals surface area contributed by atoms with E-state index >= 15 is 0 Å². The second-order valence-corrected chi connectivity index (χ2v) is 8.24. The minimum Gasteiger partial charge on any atom is -0.439 e. The predicted octanol–water partition coefficient (Wildman–Crippen LogP) is 3.86. The van der Waals surface area contributed by atoms with Crippen LogP contribution in [0.15, 0.2) is 40.9 Å². The van der Waals surface area contributed by atoms with Crippen LogP contribution in [0, 0.1) is 5.92 Å². The lowest BCUT2D eigenvalue weighted by molar-refractivity contribution is 0.484. The van der Waals surface area contributed by atoms with Crippen LogP contribution in [0.5, 0.6) is 0 Å². The number of nitrogens with zero attached hydrogens (tertiary/aromatic N) is 1. The summed E-state index contributed by atoms with van der Waals surface area (Å²) in [6.45, 7) is 7.17. The van der Waals surface area contributed by atoms with Gasteiger partial charge in [0.25, 0.3) is 0 Å². The van der Waals surface area contributed by atoms with Gasteiger partial charge in [-0.15, -0.1) is 0 Å². The molecule has 0 fully saturated rings. The van der Waals surface area contributed by atoms with Crippen molar-refractivity contribution in [3.63, 3.8) is 0 Å². The third kappa shape index (κ3) is 3.18. The van der Waals surface area contributed by atoms with Crippen LogP contribution < -0.4 is 0 Å². The smallest absolute Gasteiger partial charge is 0.212 e. The van der Waals surface area contributed by atoms with E-state index in [1.165, 1.54) is 0 Å². The van der Waals surface area contributed by atoms with Gasteiger partial charge < -0.3 is 4.42 Å². The maximum absolute atomic E-state index is 12.5. The number of rotatable bonds is 5. The highest BCUT2D eigenvalue weighted by molar-refractivity contribution is 7.92. The molecule has 114 valence electrons. The quantitative estimate of drug-likeness (QED) is 0.841. The van der Waals surface area contributed by atoms with E-state index in [9.17, 15) is 8.42 Å². The zero-order chi connectivity index (χ0) is 15.6. The standard InChI is InChI=1S/C16H21NO3S/c1-11(2)12(3)21(18,19)13(4)16-17-10-15(20-16)14-8-6-5-7-9-14/h5-13H,1-4H3/t12-,13-/m0/s1. The van der Waals surface area contributed by atoms with E-state index in [2.05, 4.69) is 4.98 Å². The molecule has 0 spiro atoms. The number of sulfone groups is 1. The summed E-state index contributed by atoms with van der Waals surface area (Å²) in [6, 6.07) is 9.52. The lowest BCUT2D eigenvalue weighted by Crippen LogP contribution is -2.27. The molecule has 1 aromatic carbocycles. The Kier molecular flexibility index (Phi) is 4.52. The molecular weight excluding hydrogens is 286 g/mol. The van der Waals surface area contributed by atoms with Gasteiger partial charge in [0.15, 0.2) is 15.6 Å². The van der Waals surface area contributed by atoms with Crippen LogP contribution in [-0.2, 0) is 9.84 Å². The van der Waals surface area contributed by atoms with E-state index in [1.807, 2.05) is 44.2 Å². The maximum Gasteiger partial charge on any atom is 0.212 e. The van der Waals surface area contributed by atoms with Gasteiger partial charge in [0.1, 0.15) is 5.25 Å². The zero-order valence-electron chi connectivity index (χ0n) is 12.8. The van der Waals surface area contributed by atoms with Crippen LogP contribution in [-0.4, -0.2) is 18.7 Å². The van der Waals surface area contributed by atoms with Gasteiger partial charge in [-0.1, -0.05) is 44.2 Å². The Hall–Kier alpha value is -1.62. The fraction of sp³-hybridized carbons (Fsp3) is 0.438. The minimum absolute atomic E-state index is 0.0565. The van der Waals surface area contributed by atoms with Crippen molar-refractivity contribution in [3.05, 3.63) is 42.4 Å². The van der Waals surface area contributed by atoms with Crippen LogP contribution in [0.4, 0.5) is 0 Å². The summed E-state index contributed by atoms with van der Waals surface area (Å²) in [5, 5.41) is -1.17. The molecule has 0 radical (unpaired) electrons. The maximum atomic E-state index is 12.5. The van der Waals surface area contributed by atoms with Gasteiger partial charge in [0.2, 0.25) is 5.89 Å². The molecule has 2 atom stereocenters. The first-order valence-corrected chi connectivity index (χ1v) is 8.69. The summed E-state index contributed by atoms with van der Waals surface area (Å²) < 4.78 is 30.7. The van der Waals surface area contributed by atoms with E-state index in [4.69, 9.17) is 4.42 Å². The second-order valence-electron chi connectivity index (χ2n) is 5.61. The number of aromatic nitrogens is 1. The van der Waals surface area contributed by atoms with Crippen LogP contribution in [0.2, 0.25) is 0 Å². The van der Waals surface area contributed by atoms with Gasteiger partial charge in [-0.25, -0.2) is 13.4 Å². The molecule has 4 nitrogen and oxygen atoms in total. The Morgan fingerprint density at radius 1 is 1.05 bits per heavy atom. The van der Waals surface area contributed by atoms with E-state index in [0.29, 0.717) is 5.76 Å². The van der Waals surface area contributed by atoms with Crippen molar-refractivity contribution in [2.45, 2.75) is 38.2 Å². The Morgan fingerprint density at radius 3 is 2.24 bits per heavy atom. The molecule has 0 saturated carbocycles. The summed E-state index contributed by atoms with van der Waals surface area (Å²) >= 11 is 0. The van der Waals surface area contributed by atoms with Crippen molar-refractivity contribution >= 4 is 9.84 Å². The number of hydrogen-bond acceptors (Lipinski definition) is 4. The van der Waals surface area contributed by atoms with Gasteiger partial charge in [0, 0.05) is 5.56 Å². The predicted molar refractivity (Wildman–Crippen MR) is 83.6 cm³/mol. The number of benzene rings is 1. The topological polar surface area (TPSA) is 60.2 Å². The summed E-state index contributed by atoms with van der Waals surface area (Å²) in [6.07, 6.45) is 1.58.